The van der Waals surface area contributed by atoms with E-state index in [4.69, 9.17) is 13.8 Å². The Morgan fingerprint density at radius 3 is 1.02 bits per heavy atom. The second-order valence-corrected chi connectivity index (χ2v) is 27.2. The lowest BCUT2D eigenvalue weighted by atomic mass is 10.0. The standard InChI is InChI=1S/C70H139N2O7P/c1-7-10-13-16-19-22-25-28-30-32-33-34-35-36-37-38-39-40-42-45-48-51-54-57-60-63-70(74)79-68(61-58-55-52-49-46-43-27-24-21-18-15-12-9-3)67(66-78-80(75,76)77-65-64-72(4,5)6)71-69(73)62-59-56-53-50-47-44-41-31-29-26-23-20-17-14-11-8-2/h58,61,67-68H,7-57,59-60,62-66H2,1-6H3,(H-,71,73,75,76)/p+1/b61-58-. The Morgan fingerprint density at radius 1 is 0.425 bits per heavy atom. The van der Waals surface area contributed by atoms with Gasteiger partial charge in [0.2, 0.25) is 5.91 Å². The Hall–Kier alpha value is -1.25. The molecule has 3 unspecified atom stereocenters. The summed E-state index contributed by atoms with van der Waals surface area (Å²) in [5.41, 5.74) is 0. The molecule has 9 nitrogen and oxygen atoms in total. The quantitative estimate of drug-likeness (QED) is 0.0205. The van der Waals surface area contributed by atoms with Crippen LogP contribution in [0, 0.1) is 0 Å². The van der Waals surface area contributed by atoms with Gasteiger partial charge in [-0.25, -0.2) is 4.57 Å². The van der Waals surface area contributed by atoms with Crippen LogP contribution >= 0.6 is 7.82 Å². The zero-order valence-corrected chi connectivity index (χ0v) is 55.5. The van der Waals surface area contributed by atoms with E-state index in [1.165, 1.54) is 283 Å². The van der Waals surface area contributed by atoms with Crippen LogP contribution in [0.5, 0.6) is 0 Å². The summed E-state index contributed by atoms with van der Waals surface area (Å²) >= 11 is 0. The Balaban J connectivity index is 5.02. The molecule has 0 spiro atoms. The van der Waals surface area contributed by atoms with Crippen LogP contribution in [0.15, 0.2) is 12.2 Å². The molecule has 0 aromatic carbocycles. The zero-order valence-electron chi connectivity index (χ0n) is 54.6. The number of carbonyl (C=O) groups is 2. The summed E-state index contributed by atoms with van der Waals surface area (Å²) < 4.78 is 30.8. The molecule has 0 aliphatic rings. The molecule has 0 fully saturated rings. The van der Waals surface area contributed by atoms with E-state index >= 15 is 0 Å². The number of unbranched alkanes of at least 4 members (excludes halogenated alkanes) is 50. The number of amides is 1. The maximum atomic E-state index is 13.6. The Kier molecular flexibility index (Phi) is 59.9. The maximum absolute atomic E-state index is 13.6. The lowest BCUT2D eigenvalue weighted by Gasteiger charge is -2.27. The fourth-order valence-electron chi connectivity index (χ4n) is 11.0. The Bertz CT molecular complexity index is 1370. The van der Waals surface area contributed by atoms with Crippen molar-refractivity contribution in [3.8, 4) is 0 Å². The molecule has 0 rings (SSSR count). The van der Waals surface area contributed by atoms with E-state index in [-0.39, 0.29) is 25.1 Å². The molecule has 0 aliphatic heterocycles. The highest BCUT2D eigenvalue weighted by Crippen LogP contribution is 2.43. The average molecular weight is 1150 g/mol. The van der Waals surface area contributed by atoms with Crippen molar-refractivity contribution < 1.29 is 37.3 Å². The van der Waals surface area contributed by atoms with Crippen molar-refractivity contribution in [1.82, 2.24) is 5.32 Å². The normalized spacial score (nSPS) is 13.5. The van der Waals surface area contributed by atoms with Gasteiger partial charge in [-0.2, -0.15) is 0 Å². The van der Waals surface area contributed by atoms with Gasteiger partial charge in [0.05, 0.1) is 33.8 Å². The summed E-state index contributed by atoms with van der Waals surface area (Å²) in [6, 6.07) is -0.840. The van der Waals surface area contributed by atoms with Gasteiger partial charge < -0.3 is 19.4 Å². The van der Waals surface area contributed by atoms with E-state index in [2.05, 4.69) is 32.2 Å². The fourth-order valence-corrected chi connectivity index (χ4v) is 11.7. The lowest BCUT2D eigenvalue weighted by Crippen LogP contribution is -2.47. The van der Waals surface area contributed by atoms with Crippen molar-refractivity contribution in [2.24, 2.45) is 0 Å². The number of phosphoric acid groups is 1. The number of allylic oxidation sites excluding steroid dienone is 1. The molecule has 2 N–H and O–H groups in total. The monoisotopic (exact) mass is 1150 g/mol. The Morgan fingerprint density at radius 2 is 0.713 bits per heavy atom. The number of nitrogens with one attached hydrogen (secondary N) is 1. The van der Waals surface area contributed by atoms with Gasteiger partial charge in [-0.1, -0.05) is 341 Å². The van der Waals surface area contributed by atoms with Crippen molar-refractivity contribution in [2.45, 2.75) is 386 Å². The summed E-state index contributed by atoms with van der Waals surface area (Å²) in [4.78, 5) is 37.9. The predicted octanol–water partition coefficient (Wildman–Crippen LogP) is 22.3. The molecule has 476 valence electrons. The number of nitrogens with zero attached hydrogens (tertiary/aromatic N) is 1. The largest absolute Gasteiger partial charge is 0.472 e. The van der Waals surface area contributed by atoms with Gasteiger partial charge in [0.15, 0.2) is 0 Å². The SMILES string of the molecule is CCCCCCCCCCCCC/C=C\C(OC(=O)CCCCCCCCCCCCCCCCCCCCCCCCCCC)C(COP(=O)(O)OCC[N+](C)(C)C)NC(=O)CCCCCCCCCCCCCCCCCC. The van der Waals surface area contributed by atoms with Crippen molar-refractivity contribution >= 4 is 19.7 Å². The first kappa shape index (κ1) is 78.8. The summed E-state index contributed by atoms with van der Waals surface area (Å²) in [5.74, 6) is -0.477. The predicted molar refractivity (Wildman–Crippen MR) is 347 cm³/mol. The highest BCUT2D eigenvalue weighted by molar-refractivity contribution is 7.47. The first-order valence-corrected chi connectivity index (χ1v) is 37.0. The van der Waals surface area contributed by atoms with Gasteiger partial charge in [-0.15, -0.1) is 0 Å². The molecule has 80 heavy (non-hydrogen) atoms. The molecule has 0 heterocycles. The van der Waals surface area contributed by atoms with Gasteiger partial charge in [0.25, 0.3) is 0 Å². The number of hydrogen-bond donors (Lipinski definition) is 2. The van der Waals surface area contributed by atoms with Crippen LogP contribution in [-0.4, -0.2) is 74.3 Å². The number of esters is 1. The lowest BCUT2D eigenvalue weighted by molar-refractivity contribution is -0.870. The minimum Gasteiger partial charge on any atom is -0.456 e. The van der Waals surface area contributed by atoms with Gasteiger partial charge in [-0.05, 0) is 31.8 Å². The number of phosphoric ester groups is 1. The smallest absolute Gasteiger partial charge is 0.456 e. The zero-order chi connectivity index (χ0) is 58.6. The molecular weight excluding hydrogens is 1010 g/mol. The third-order valence-corrected chi connectivity index (χ3v) is 17.5. The van der Waals surface area contributed by atoms with E-state index in [0.717, 1.165) is 57.8 Å². The minimum atomic E-state index is -4.44. The molecule has 0 aromatic heterocycles. The first-order valence-electron chi connectivity index (χ1n) is 35.5. The third-order valence-electron chi connectivity index (χ3n) is 16.5. The average Bonchev–Trinajstić information content (AvgIpc) is 3.42. The van der Waals surface area contributed by atoms with Crippen molar-refractivity contribution in [3.05, 3.63) is 12.2 Å². The van der Waals surface area contributed by atoms with Crippen LogP contribution in [0.1, 0.15) is 374 Å². The highest BCUT2D eigenvalue weighted by Gasteiger charge is 2.30. The van der Waals surface area contributed by atoms with Crippen LogP contribution in [-0.2, 0) is 27.9 Å². The maximum Gasteiger partial charge on any atom is 0.472 e. The molecule has 0 aliphatic carbocycles. The molecular formula is C70H140N2O7P+. The molecule has 0 bridgehead atoms. The molecule has 0 saturated carbocycles. The first-order chi connectivity index (χ1) is 38.9. The van der Waals surface area contributed by atoms with Crippen LogP contribution < -0.4 is 5.32 Å². The number of rotatable bonds is 66. The Labute approximate surface area is 499 Å². The van der Waals surface area contributed by atoms with Crippen LogP contribution in [0.2, 0.25) is 0 Å². The van der Waals surface area contributed by atoms with Gasteiger partial charge in [0, 0.05) is 12.8 Å². The molecule has 10 heteroatoms. The van der Waals surface area contributed by atoms with E-state index in [1.54, 1.807) is 0 Å². The van der Waals surface area contributed by atoms with Gasteiger partial charge in [0.1, 0.15) is 19.3 Å². The number of hydrogen-bond acceptors (Lipinski definition) is 6. The number of carbonyl (C=O) groups excluding carboxylic acids is 2. The summed E-state index contributed by atoms with van der Waals surface area (Å²) in [6.07, 6.45) is 72.2. The summed E-state index contributed by atoms with van der Waals surface area (Å²) in [7, 11) is 1.52. The summed E-state index contributed by atoms with van der Waals surface area (Å²) in [6.45, 7) is 7.09. The topological polar surface area (TPSA) is 111 Å². The third kappa shape index (κ3) is 61.3. The number of ether oxygens (including phenoxy) is 1. The molecule has 1 amide bonds. The number of quaternary nitrogens is 1. The van der Waals surface area contributed by atoms with Gasteiger partial charge >= 0.3 is 13.8 Å². The second-order valence-electron chi connectivity index (χ2n) is 25.8. The second kappa shape index (κ2) is 60.9. The fraction of sp³-hybridized carbons (Fsp3) is 0.943. The molecule has 0 radical (unpaired) electrons. The summed E-state index contributed by atoms with van der Waals surface area (Å²) in [5, 5.41) is 3.08. The molecule has 0 saturated heterocycles. The number of likely N-dealkylation sites (N-methyl/N-ethyl adjacent to an activating group) is 1. The van der Waals surface area contributed by atoms with E-state index in [9.17, 15) is 19.0 Å². The van der Waals surface area contributed by atoms with Crippen LogP contribution in [0.3, 0.4) is 0 Å². The van der Waals surface area contributed by atoms with E-state index in [0.29, 0.717) is 23.9 Å². The van der Waals surface area contributed by atoms with Crippen molar-refractivity contribution in [2.75, 3.05) is 40.9 Å². The van der Waals surface area contributed by atoms with Gasteiger partial charge in [-0.3, -0.25) is 18.6 Å². The van der Waals surface area contributed by atoms with E-state index in [1.807, 2.05) is 27.2 Å². The molecule has 3 atom stereocenters. The van der Waals surface area contributed by atoms with Crippen LogP contribution in [0.4, 0.5) is 0 Å². The highest BCUT2D eigenvalue weighted by atomic mass is 31.2. The van der Waals surface area contributed by atoms with E-state index < -0.39 is 20.0 Å². The van der Waals surface area contributed by atoms with Crippen LogP contribution in [0.25, 0.3) is 0 Å². The molecule has 0 aromatic rings. The van der Waals surface area contributed by atoms with Crippen molar-refractivity contribution in [3.63, 3.8) is 0 Å². The minimum absolute atomic E-state index is 0.0461. The van der Waals surface area contributed by atoms with Crippen molar-refractivity contribution in [1.29, 1.82) is 0 Å².